The number of rotatable bonds is 5. The van der Waals surface area contributed by atoms with Crippen LogP contribution in [0.4, 0.5) is 0 Å². The maximum absolute atomic E-state index is 12.9. The lowest BCUT2D eigenvalue weighted by Gasteiger charge is -2.63. The third-order valence-electron chi connectivity index (χ3n) is 6.75. The minimum absolute atomic E-state index is 0.0824. The van der Waals surface area contributed by atoms with E-state index in [1.165, 1.54) is 4.90 Å². The summed E-state index contributed by atoms with van der Waals surface area (Å²) in [7, 11) is 1.60. The van der Waals surface area contributed by atoms with Crippen LogP contribution in [0.5, 0.6) is 0 Å². The fourth-order valence-electron chi connectivity index (χ4n) is 5.22. The summed E-state index contributed by atoms with van der Waals surface area (Å²) in [6.45, 7) is 5.36. The summed E-state index contributed by atoms with van der Waals surface area (Å²) >= 11 is 0. The van der Waals surface area contributed by atoms with Crippen molar-refractivity contribution in [2.45, 2.75) is 32.7 Å². The van der Waals surface area contributed by atoms with E-state index in [0.717, 1.165) is 12.8 Å². The Hall–Kier alpha value is -1.72. The molecular formula is C20H25NO4. The van der Waals surface area contributed by atoms with Gasteiger partial charge in [0.05, 0.1) is 17.7 Å². The fourth-order valence-corrected chi connectivity index (χ4v) is 5.22. The molecule has 1 aromatic carbocycles. The number of hydrogen-bond acceptors (Lipinski definition) is 4. The predicted octanol–water partition coefficient (Wildman–Crippen LogP) is 2.95. The molecule has 2 bridgehead atoms. The molecule has 5 rings (SSSR count). The highest BCUT2D eigenvalue weighted by Crippen LogP contribution is 2.62. The monoisotopic (exact) mass is 343 g/mol. The molecule has 1 unspecified atom stereocenters. The molecule has 25 heavy (non-hydrogen) atoms. The zero-order chi connectivity index (χ0) is 17.8. The predicted molar refractivity (Wildman–Crippen MR) is 92.0 cm³/mol. The van der Waals surface area contributed by atoms with Gasteiger partial charge in [-0.15, -0.1) is 0 Å². The van der Waals surface area contributed by atoms with Gasteiger partial charge in [0.15, 0.2) is 0 Å². The minimum Gasteiger partial charge on any atom is -0.359 e. The van der Waals surface area contributed by atoms with Gasteiger partial charge in [0.25, 0.3) is 11.8 Å². The average Bonchev–Trinajstić information content (AvgIpc) is 2.86. The van der Waals surface area contributed by atoms with Gasteiger partial charge in [-0.25, -0.2) is 0 Å². The Kier molecular flexibility index (Phi) is 3.96. The van der Waals surface area contributed by atoms with E-state index in [4.69, 9.17) is 9.47 Å². The highest BCUT2D eigenvalue weighted by molar-refractivity contribution is 6.21. The van der Waals surface area contributed by atoms with Crippen molar-refractivity contribution in [3.8, 4) is 0 Å². The third kappa shape index (κ3) is 2.36. The zero-order valence-electron chi connectivity index (χ0n) is 15.0. The van der Waals surface area contributed by atoms with Crippen LogP contribution < -0.4 is 0 Å². The van der Waals surface area contributed by atoms with Gasteiger partial charge in [-0.1, -0.05) is 26.0 Å². The smallest absolute Gasteiger partial charge is 0.261 e. The van der Waals surface area contributed by atoms with Crippen LogP contribution >= 0.6 is 0 Å². The van der Waals surface area contributed by atoms with Crippen LogP contribution in [-0.2, 0) is 9.47 Å². The first-order valence-corrected chi connectivity index (χ1v) is 9.00. The lowest BCUT2D eigenvalue weighted by Crippen LogP contribution is -2.63. The van der Waals surface area contributed by atoms with Crippen LogP contribution in [0, 0.1) is 23.2 Å². The number of ether oxygens (including phenoxy) is 2. The van der Waals surface area contributed by atoms with Gasteiger partial charge in [-0.05, 0) is 42.2 Å². The maximum Gasteiger partial charge on any atom is 0.261 e. The highest BCUT2D eigenvalue weighted by Gasteiger charge is 2.60. The minimum atomic E-state index is -0.151. The van der Waals surface area contributed by atoms with E-state index in [1.54, 1.807) is 19.2 Å². The van der Waals surface area contributed by atoms with Gasteiger partial charge in [0.1, 0.15) is 6.79 Å². The fraction of sp³-hybridized carbons (Fsp3) is 0.600. The molecule has 4 atom stereocenters. The summed E-state index contributed by atoms with van der Waals surface area (Å²) in [5, 5.41) is 0. The number of carbonyl (C=O) groups is 2. The first-order valence-electron chi connectivity index (χ1n) is 9.00. The second kappa shape index (κ2) is 5.92. The molecule has 1 heterocycles. The van der Waals surface area contributed by atoms with E-state index in [9.17, 15) is 9.59 Å². The Bertz CT molecular complexity index is 678. The molecule has 0 aromatic heterocycles. The Balaban J connectivity index is 1.63. The number of hydrogen-bond donors (Lipinski definition) is 0. The van der Waals surface area contributed by atoms with Crippen molar-refractivity contribution in [3.05, 3.63) is 35.4 Å². The van der Waals surface area contributed by atoms with Crippen molar-refractivity contribution >= 4 is 11.8 Å². The SMILES string of the molecule is COCOC[C@H]1C(N2C(=O)c3ccccc3C2=O)C[C@@H]2C[C@H]1C2(C)C. The van der Waals surface area contributed by atoms with Crippen LogP contribution in [0.25, 0.3) is 0 Å². The summed E-state index contributed by atoms with van der Waals surface area (Å²) < 4.78 is 10.7. The molecule has 1 aliphatic heterocycles. The van der Waals surface area contributed by atoms with Crippen molar-refractivity contribution in [1.29, 1.82) is 0 Å². The number of carbonyl (C=O) groups excluding carboxylic acids is 2. The number of fused-ring (bicyclic) bond motifs is 3. The molecule has 0 N–H and O–H groups in total. The Morgan fingerprint density at radius 3 is 2.32 bits per heavy atom. The molecule has 134 valence electrons. The number of imide groups is 1. The topological polar surface area (TPSA) is 55.8 Å². The lowest BCUT2D eigenvalue weighted by molar-refractivity contribution is -0.161. The molecule has 5 nitrogen and oxygen atoms in total. The number of amides is 2. The summed E-state index contributed by atoms with van der Waals surface area (Å²) in [6, 6.07) is 7.04. The van der Waals surface area contributed by atoms with Gasteiger partial charge >= 0.3 is 0 Å². The third-order valence-corrected chi connectivity index (χ3v) is 6.75. The molecule has 0 radical (unpaired) electrons. The van der Waals surface area contributed by atoms with Crippen LogP contribution in [0.3, 0.4) is 0 Å². The molecule has 2 amide bonds. The van der Waals surface area contributed by atoms with Crippen molar-refractivity contribution in [2.24, 2.45) is 23.2 Å². The number of methoxy groups -OCH3 is 1. The lowest BCUT2D eigenvalue weighted by atomic mass is 9.44. The van der Waals surface area contributed by atoms with Gasteiger partial charge in [-0.3, -0.25) is 14.5 Å². The Morgan fingerprint density at radius 1 is 1.12 bits per heavy atom. The first kappa shape index (κ1) is 16.7. The summed E-state index contributed by atoms with van der Waals surface area (Å²) in [6.07, 6.45) is 2.03. The van der Waals surface area contributed by atoms with E-state index in [2.05, 4.69) is 13.8 Å². The maximum atomic E-state index is 12.9. The molecule has 0 saturated heterocycles. The number of benzene rings is 1. The van der Waals surface area contributed by atoms with Crippen molar-refractivity contribution in [1.82, 2.24) is 4.90 Å². The van der Waals surface area contributed by atoms with Crippen molar-refractivity contribution < 1.29 is 19.1 Å². The quantitative estimate of drug-likeness (QED) is 0.469. The Labute approximate surface area is 148 Å². The molecule has 3 aliphatic carbocycles. The molecule has 0 spiro atoms. The zero-order valence-corrected chi connectivity index (χ0v) is 15.0. The van der Waals surface area contributed by atoms with Crippen LogP contribution in [0.1, 0.15) is 47.4 Å². The second-order valence-electron chi connectivity index (χ2n) is 8.13. The van der Waals surface area contributed by atoms with E-state index in [1.807, 2.05) is 12.1 Å². The van der Waals surface area contributed by atoms with E-state index < -0.39 is 0 Å². The van der Waals surface area contributed by atoms with E-state index >= 15 is 0 Å². The van der Waals surface area contributed by atoms with Gasteiger partial charge < -0.3 is 9.47 Å². The van der Waals surface area contributed by atoms with Crippen molar-refractivity contribution in [3.63, 3.8) is 0 Å². The summed E-state index contributed by atoms with van der Waals surface area (Å²) in [5.41, 5.74) is 1.31. The second-order valence-corrected chi connectivity index (χ2v) is 8.13. The highest BCUT2D eigenvalue weighted by atomic mass is 16.7. The average molecular weight is 343 g/mol. The summed E-state index contributed by atoms with van der Waals surface area (Å²) in [4.78, 5) is 27.3. The van der Waals surface area contributed by atoms with Crippen LogP contribution in [0.15, 0.2) is 24.3 Å². The number of nitrogens with zero attached hydrogens (tertiary/aromatic N) is 1. The van der Waals surface area contributed by atoms with Crippen LogP contribution in [-0.4, -0.2) is 43.3 Å². The van der Waals surface area contributed by atoms with Crippen molar-refractivity contribution in [2.75, 3.05) is 20.5 Å². The van der Waals surface area contributed by atoms with Gasteiger partial charge in [-0.2, -0.15) is 0 Å². The largest absolute Gasteiger partial charge is 0.359 e. The van der Waals surface area contributed by atoms with Crippen LogP contribution in [0.2, 0.25) is 0 Å². The standard InChI is InChI=1S/C20H25NO4/c1-20(2)12-8-16(20)15(10-25-11-24-3)17(9-12)21-18(22)13-6-4-5-7-14(13)19(21)23/h4-7,12,15-17H,8-11H2,1-3H3/t12-,15+,16+,17?/m0/s1. The Morgan fingerprint density at radius 2 is 1.76 bits per heavy atom. The molecule has 5 heteroatoms. The molecule has 1 aromatic rings. The molecule has 3 fully saturated rings. The van der Waals surface area contributed by atoms with Gasteiger partial charge in [0, 0.05) is 19.1 Å². The molecule has 3 saturated carbocycles. The van der Waals surface area contributed by atoms with E-state index in [-0.39, 0.29) is 36.0 Å². The molecule has 4 aliphatic rings. The molecular weight excluding hydrogens is 318 g/mol. The first-order chi connectivity index (χ1) is 12.0. The normalized spacial score (nSPS) is 32.5. The van der Waals surface area contributed by atoms with E-state index in [0.29, 0.717) is 29.6 Å². The summed E-state index contributed by atoms with van der Waals surface area (Å²) in [5.74, 6) is 0.892. The van der Waals surface area contributed by atoms with Gasteiger partial charge in [0.2, 0.25) is 0 Å².